The van der Waals surface area contributed by atoms with Gasteiger partial charge in [0.15, 0.2) is 0 Å². The lowest BCUT2D eigenvalue weighted by Crippen LogP contribution is -2.09. The molecule has 1 aromatic carbocycles. The van der Waals surface area contributed by atoms with E-state index in [1.807, 2.05) is 12.1 Å². The van der Waals surface area contributed by atoms with Crippen LogP contribution in [0.5, 0.6) is 5.75 Å². The third-order valence-corrected chi connectivity index (χ3v) is 3.67. The van der Waals surface area contributed by atoms with Gasteiger partial charge < -0.3 is 14.2 Å². The summed E-state index contributed by atoms with van der Waals surface area (Å²) in [5.41, 5.74) is 1.13. The quantitative estimate of drug-likeness (QED) is 0.755. The summed E-state index contributed by atoms with van der Waals surface area (Å²) in [7, 11) is 1.67. The maximum atomic E-state index is 5.87. The molecule has 0 N–H and O–H groups in total. The van der Waals surface area contributed by atoms with Gasteiger partial charge in [-0.25, -0.2) is 0 Å². The number of benzene rings is 1. The second-order valence-electron chi connectivity index (χ2n) is 4.05. The van der Waals surface area contributed by atoms with Crippen LogP contribution in [0.4, 0.5) is 0 Å². The highest BCUT2D eigenvalue weighted by Crippen LogP contribution is 2.35. The van der Waals surface area contributed by atoms with E-state index in [9.17, 15) is 0 Å². The largest absolute Gasteiger partial charge is 0.496 e. The molecule has 0 spiro atoms. The van der Waals surface area contributed by atoms with Crippen molar-refractivity contribution in [3.05, 3.63) is 28.2 Å². The number of ether oxygens (including phenoxy) is 3. The highest BCUT2D eigenvalue weighted by Gasteiger charge is 2.25. The third kappa shape index (κ3) is 3.21. The molecule has 1 aliphatic rings. The molecule has 0 aromatic heterocycles. The predicted octanol–water partition coefficient (Wildman–Crippen LogP) is 3.32. The lowest BCUT2D eigenvalue weighted by Gasteiger charge is -2.18. The van der Waals surface area contributed by atoms with Crippen LogP contribution < -0.4 is 4.74 Å². The summed E-state index contributed by atoms with van der Waals surface area (Å²) in [5.74, 6) is 0.840. The van der Waals surface area contributed by atoms with Gasteiger partial charge in [-0.15, -0.1) is 0 Å². The summed E-state index contributed by atoms with van der Waals surface area (Å²) in [6, 6.07) is 5.98. The summed E-state index contributed by atoms with van der Waals surface area (Å²) in [6.45, 7) is 3.61. The maximum absolute atomic E-state index is 5.87. The SMILES string of the molecule is CC[C@@H](OC[C@H]1CO1)c1cccc(OC)c1Br. The molecule has 17 heavy (non-hydrogen) atoms. The molecule has 0 unspecified atom stereocenters. The molecule has 1 saturated heterocycles. The van der Waals surface area contributed by atoms with Crippen LogP contribution in [0.25, 0.3) is 0 Å². The van der Waals surface area contributed by atoms with Crippen LogP contribution in [0, 0.1) is 0 Å². The standard InChI is InChI=1S/C13H17BrO3/c1-3-11(17-8-9-7-16-9)10-5-4-6-12(15-2)13(10)14/h4-6,9,11H,3,7-8H2,1-2H3/t9-,11-/m1/s1. The molecule has 0 aliphatic carbocycles. The van der Waals surface area contributed by atoms with Crippen molar-refractivity contribution in [1.82, 2.24) is 0 Å². The average molecular weight is 301 g/mol. The zero-order valence-electron chi connectivity index (χ0n) is 10.1. The van der Waals surface area contributed by atoms with Crippen molar-refractivity contribution in [3.8, 4) is 5.75 Å². The van der Waals surface area contributed by atoms with E-state index < -0.39 is 0 Å². The molecule has 2 atom stereocenters. The fourth-order valence-electron chi connectivity index (χ4n) is 1.75. The molecule has 0 radical (unpaired) electrons. The minimum absolute atomic E-state index is 0.0867. The summed E-state index contributed by atoms with van der Waals surface area (Å²) in [6.07, 6.45) is 1.32. The average Bonchev–Trinajstić information content (AvgIpc) is 3.16. The number of hydrogen-bond acceptors (Lipinski definition) is 3. The Bertz CT molecular complexity index is 377. The van der Waals surface area contributed by atoms with E-state index in [0.29, 0.717) is 12.7 Å². The number of epoxide rings is 1. The molecule has 0 amide bonds. The zero-order chi connectivity index (χ0) is 12.3. The zero-order valence-corrected chi connectivity index (χ0v) is 11.7. The molecule has 1 aromatic rings. The second kappa shape index (κ2) is 5.85. The molecule has 1 fully saturated rings. The Kier molecular flexibility index (Phi) is 4.42. The Morgan fingerprint density at radius 1 is 1.53 bits per heavy atom. The molecule has 94 valence electrons. The Labute approximate surface area is 110 Å². The number of rotatable bonds is 6. The first-order valence-electron chi connectivity index (χ1n) is 5.81. The van der Waals surface area contributed by atoms with Crippen molar-refractivity contribution in [2.24, 2.45) is 0 Å². The summed E-state index contributed by atoms with van der Waals surface area (Å²) in [5, 5.41) is 0. The molecule has 1 heterocycles. The normalized spacial score (nSPS) is 20.1. The van der Waals surface area contributed by atoms with E-state index >= 15 is 0 Å². The van der Waals surface area contributed by atoms with Gasteiger partial charge in [0, 0.05) is 0 Å². The van der Waals surface area contributed by atoms with Gasteiger partial charge in [-0.05, 0) is 34.0 Å². The van der Waals surface area contributed by atoms with Gasteiger partial charge in [-0.2, -0.15) is 0 Å². The minimum Gasteiger partial charge on any atom is -0.496 e. The van der Waals surface area contributed by atoms with E-state index in [0.717, 1.165) is 28.8 Å². The van der Waals surface area contributed by atoms with Crippen molar-refractivity contribution in [2.45, 2.75) is 25.6 Å². The van der Waals surface area contributed by atoms with Crippen LogP contribution in [0.1, 0.15) is 25.0 Å². The van der Waals surface area contributed by atoms with Gasteiger partial charge in [-0.1, -0.05) is 19.1 Å². The van der Waals surface area contributed by atoms with Crippen molar-refractivity contribution >= 4 is 15.9 Å². The summed E-state index contributed by atoms with van der Waals surface area (Å²) < 4.78 is 17.3. The smallest absolute Gasteiger partial charge is 0.133 e. The fourth-order valence-corrected chi connectivity index (χ4v) is 2.43. The van der Waals surface area contributed by atoms with Crippen LogP contribution >= 0.6 is 15.9 Å². The van der Waals surface area contributed by atoms with Crippen molar-refractivity contribution in [3.63, 3.8) is 0 Å². The molecule has 4 heteroatoms. The highest BCUT2D eigenvalue weighted by atomic mass is 79.9. The molecule has 2 rings (SSSR count). The van der Waals surface area contributed by atoms with Crippen molar-refractivity contribution < 1.29 is 14.2 Å². The minimum atomic E-state index is 0.0867. The summed E-state index contributed by atoms with van der Waals surface area (Å²) >= 11 is 3.57. The molecule has 0 saturated carbocycles. The van der Waals surface area contributed by atoms with E-state index in [2.05, 4.69) is 28.9 Å². The van der Waals surface area contributed by atoms with Crippen molar-refractivity contribution in [2.75, 3.05) is 20.3 Å². The lowest BCUT2D eigenvalue weighted by atomic mass is 10.1. The first kappa shape index (κ1) is 12.9. The topological polar surface area (TPSA) is 31.0 Å². The van der Waals surface area contributed by atoms with E-state index in [-0.39, 0.29) is 6.10 Å². The second-order valence-corrected chi connectivity index (χ2v) is 4.84. The predicted molar refractivity (Wildman–Crippen MR) is 69.4 cm³/mol. The van der Waals surface area contributed by atoms with Crippen LogP contribution in [-0.2, 0) is 9.47 Å². The van der Waals surface area contributed by atoms with E-state index in [1.165, 1.54) is 0 Å². The Morgan fingerprint density at radius 2 is 2.29 bits per heavy atom. The summed E-state index contributed by atoms with van der Waals surface area (Å²) in [4.78, 5) is 0. The Hall–Kier alpha value is -0.580. The van der Waals surface area contributed by atoms with Crippen LogP contribution in [-0.4, -0.2) is 26.4 Å². The third-order valence-electron chi connectivity index (χ3n) is 2.82. The van der Waals surface area contributed by atoms with Crippen molar-refractivity contribution in [1.29, 1.82) is 0 Å². The first-order chi connectivity index (χ1) is 8.26. The fraction of sp³-hybridized carbons (Fsp3) is 0.538. The van der Waals surface area contributed by atoms with Gasteiger partial charge in [0.05, 0.1) is 30.9 Å². The molecule has 3 nitrogen and oxygen atoms in total. The van der Waals surface area contributed by atoms with Crippen LogP contribution in [0.2, 0.25) is 0 Å². The lowest BCUT2D eigenvalue weighted by molar-refractivity contribution is 0.0389. The molecular weight excluding hydrogens is 284 g/mol. The van der Waals surface area contributed by atoms with Crippen LogP contribution in [0.3, 0.4) is 0 Å². The van der Waals surface area contributed by atoms with Gasteiger partial charge in [0.2, 0.25) is 0 Å². The van der Waals surface area contributed by atoms with Gasteiger partial charge in [0.25, 0.3) is 0 Å². The highest BCUT2D eigenvalue weighted by molar-refractivity contribution is 9.10. The van der Waals surface area contributed by atoms with E-state index in [4.69, 9.17) is 14.2 Å². The van der Waals surface area contributed by atoms with Gasteiger partial charge >= 0.3 is 0 Å². The Morgan fingerprint density at radius 3 is 2.88 bits per heavy atom. The molecular formula is C13H17BrO3. The molecule has 0 bridgehead atoms. The number of methoxy groups -OCH3 is 1. The van der Waals surface area contributed by atoms with Gasteiger partial charge in [-0.3, -0.25) is 0 Å². The van der Waals surface area contributed by atoms with Crippen LogP contribution in [0.15, 0.2) is 22.7 Å². The van der Waals surface area contributed by atoms with E-state index in [1.54, 1.807) is 7.11 Å². The maximum Gasteiger partial charge on any atom is 0.133 e. The number of halogens is 1. The monoisotopic (exact) mass is 300 g/mol. The Balaban J connectivity index is 2.10. The van der Waals surface area contributed by atoms with Gasteiger partial charge in [0.1, 0.15) is 11.9 Å². The molecule has 1 aliphatic heterocycles. The number of hydrogen-bond donors (Lipinski definition) is 0. The first-order valence-corrected chi connectivity index (χ1v) is 6.61.